The zero-order chi connectivity index (χ0) is 25.2. The first kappa shape index (κ1) is 22.8. The molecule has 37 heavy (non-hydrogen) atoms. The Bertz CT molecular complexity index is 1440. The predicted molar refractivity (Wildman–Crippen MR) is 140 cm³/mol. The highest BCUT2D eigenvalue weighted by atomic mass is 16.2. The topological polar surface area (TPSA) is 81.7 Å². The van der Waals surface area contributed by atoms with Crippen molar-refractivity contribution >= 4 is 11.6 Å². The lowest BCUT2D eigenvalue weighted by Gasteiger charge is -2.26. The first-order valence-electron chi connectivity index (χ1n) is 12.3. The van der Waals surface area contributed by atoms with Crippen LogP contribution in [0.2, 0.25) is 0 Å². The van der Waals surface area contributed by atoms with E-state index in [0.29, 0.717) is 25.9 Å². The molecule has 1 amide bonds. The number of rotatable bonds is 8. The van der Waals surface area contributed by atoms with Crippen LogP contribution < -0.4 is 4.90 Å². The summed E-state index contributed by atoms with van der Waals surface area (Å²) in [6.45, 7) is 1.25. The van der Waals surface area contributed by atoms with Gasteiger partial charge in [-0.1, -0.05) is 89.3 Å². The first-order valence-corrected chi connectivity index (χ1v) is 12.3. The highest BCUT2D eigenvalue weighted by molar-refractivity contribution is 6.08. The molecule has 0 bridgehead atoms. The van der Waals surface area contributed by atoms with Crippen molar-refractivity contribution in [3.8, 4) is 0 Å². The third-order valence-corrected chi connectivity index (χ3v) is 7.01. The van der Waals surface area contributed by atoms with Crippen molar-refractivity contribution in [3.63, 3.8) is 0 Å². The predicted octanol–water partition coefficient (Wildman–Crippen LogP) is 3.67. The second-order valence-corrected chi connectivity index (χ2v) is 9.60. The third kappa shape index (κ3) is 4.42. The second-order valence-electron chi connectivity index (χ2n) is 9.60. The van der Waals surface area contributed by atoms with Gasteiger partial charge in [0.15, 0.2) is 0 Å². The number of fused-ring (bicyclic) bond motifs is 1. The molecule has 3 aromatic carbocycles. The zero-order valence-electron chi connectivity index (χ0n) is 20.6. The molecule has 5 aromatic rings. The maximum Gasteiger partial charge on any atom is 0.238 e. The number of carbonyl (C=O) groups excluding carboxylic acids is 1. The summed E-state index contributed by atoms with van der Waals surface area (Å²) in [7, 11) is 1.83. The van der Waals surface area contributed by atoms with Crippen LogP contribution in [0.5, 0.6) is 0 Å². The Morgan fingerprint density at radius 3 is 1.70 bits per heavy atom. The number of amides is 1. The van der Waals surface area contributed by atoms with Gasteiger partial charge < -0.3 is 4.90 Å². The number of benzene rings is 3. The van der Waals surface area contributed by atoms with Crippen LogP contribution in [-0.4, -0.2) is 42.9 Å². The molecule has 2 aromatic heterocycles. The van der Waals surface area contributed by atoms with E-state index in [0.717, 1.165) is 33.8 Å². The van der Waals surface area contributed by atoms with E-state index >= 15 is 0 Å². The molecule has 8 nitrogen and oxygen atoms in total. The minimum Gasteiger partial charge on any atom is -0.314 e. The molecule has 0 N–H and O–H groups in total. The molecule has 0 fully saturated rings. The molecular formula is C29H27N7O. The summed E-state index contributed by atoms with van der Waals surface area (Å²) < 4.78 is 3.65. The van der Waals surface area contributed by atoms with Crippen LogP contribution in [0.1, 0.15) is 28.1 Å². The summed E-state index contributed by atoms with van der Waals surface area (Å²) in [6.07, 6.45) is 4.73. The van der Waals surface area contributed by atoms with Crippen molar-refractivity contribution in [3.05, 3.63) is 125 Å². The molecule has 184 valence electrons. The van der Waals surface area contributed by atoms with Crippen molar-refractivity contribution in [2.75, 3.05) is 11.9 Å². The summed E-state index contributed by atoms with van der Waals surface area (Å²) in [5.74, 6) is 0.0314. The third-order valence-electron chi connectivity index (χ3n) is 7.01. The number of para-hydroxylation sites is 1. The Morgan fingerprint density at radius 2 is 1.16 bits per heavy atom. The van der Waals surface area contributed by atoms with Crippen molar-refractivity contribution in [1.29, 1.82) is 0 Å². The Hall–Kier alpha value is -4.59. The SMILES string of the molecule is CN1C(=O)C(Cc2cn(Cc3ccccc3)nn2)(Cc2cn(Cc3ccccc3)nn2)c2ccccc21. The number of nitrogens with zero attached hydrogens (tertiary/aromatic N) is 7. The van der Waals surface area contributed by atoms with E-state index in [2.05, 4.69) is 44.9 Å². The molecule has 1 aliphatic rings. The largest absolute Gasteiger partial charge is 0.314 e. The summed E-state index contributed by atoms with van der Waals surface area (Å²) in [5.41, 5.74) is 4.89. The van der Waals surface area contributed by atoms with E-state index in [-0.39, 0.29) is 5.91 Å². The Labute approximate surface area is 215 Å². The minimum absolute atomic E-state index is 0.0314. The summed E-state index contributed by atoms with van der Waals surface area (Å²) in [6, 6.07) is 28.3. The average Bonchev–Trinajstić information content (AvgIpc) is 3.61. The van der Waals surface area contributed by atoms with E-state index in [4.69, 9.17) is 0 Å². The van der Waals surface area contributed by atoms with Gasteiger partial charge in [0.1, 0.15) is 0 Å². The Balaban J connectivity index is 1.32. The van der Waals surface area contributed by atoms with E-state index in [1.807, 2.05) is 89.5 Å². The summed E-state index contributed by atoms with van der Waals surface area (Å²) >= 11 is 0. The van der Waals surface area contributed by atoms with Gasteiger partial charge in [0.05, 0.1) is 29.9 Å². The van der Waals surface area contributed by atoms with Crippen LogP contribution in [0.3, 0.4) is 0 Å². The van der Waals surface area contributed by atoms with Gasteiger partial charge in [-0.15, -0.1) is 10.2 Å². The fraction of sp³-hybridized carbons (Fsp3) is 0.207. The molecule has 0 atom stereocenters. The number of carbonyl (C=O) groups is 1. The van der Waals surface area contributed by atoms with Crippen molar-refractivity contribution in [2.24, 2.45) is 0 Å². The zero-order valence-corrected chi connectivity index (χ0v) is 20.6. The molecule has 0 spiro atoms. The first-order chi connectivity index (χ1) is 18.1. The molecule has 0 saturated heterocycles. The lowest BCUT2D eigenvalue weighted by molar-refractivity contribution is -0.123. The van der Waals surface area contributed by atoms with Crippen molar-refractivity contribution in [2.45, 2.75) is 31.3 Å². The number of anilines is 1. The molecule has 0 radical (unpaired) electrons. The maximum absolute atomic E-state index is 13.9. The fourth-order valence-electron chi connectivity index (χ4n) is 5.27. The van der Waals surface area contributed by atoms with Crippen LogP contribution in [0.15, 0.2) is 97.3 Å². The smallest absolute Gasteiger partial charge is 0.238 e. The van der Waals surface area contributed by atoms with E-state index in [1.165, 1.54) is 0 Å². The van der Waals surface area contributed by atoms with E-state index in [1.54, 1.807) is 4.90 Å². The van der Waals surface area contributed by atoms with Gasteiger partial charge in [0, 0.05) is 38.0 Å². The Kier molecular flexibility index (Phi) is 5.84. The Morgan fingerprint density at radius 1 is 0.676 bits per heavy atom. The van der Waals surface area contributed by atoms with Crippen LogP contribution in [-0.2, 0) is 36.1 Å². The standard InChI is InChI=1S/C29H27N7O/c1-34-27-15-9-8-14-26(27)29(28(34)37,16-24-20-35(32-30-24)18-22-10-4-2-5-11-22)17-25-21-36(33-31-25)19-23-12-6-3-7-13-23/h2-15,20-21H,16-19H2,1H3. The van der Waals surface area contributed by atoms with Crippen molar-refractivity contribution in [1.82, 2.24) is 30.0 Å². The number of hydrogen-bond acceptors (Lipinski definition) is 5. The van der Waals surface area contributed by atoms with Gasteiger partial charge in [-0.25, -0.2) is 9.36 Å². The molecule has 1 aliphatic heterocycles. The number of aromatic nitrogens is 6. The molecule has 0 unspecified atom stereocenters. The average molecular weight is 490 g/mol. The monoisotopic (exact) mass is 489 g/mol. The minimum atomic E-state index is -0.841. The van der Waals surface area contributed by atoms with Gasteiger partial charge in [-0.05, 0) is 22.8 Å². The van der Waals surface area contributed by atoms with Crippen LogP contribution in [0.25, 0.3) is 0 Å². The van der Waals surface area contributed by atoms with Crippen molar-refractivity contribution < 1.29 is 4.79 Å². The van der Waals surface area contributed by atoms with Gasteiger partial charge in [0.25, 0.3) is 0 Å². The van der Waals surface area contributed by atoms with Crippen LogP contribution in [0, 0.1) is 0 Å². The lowest BCUT2D eigenvalue weighted by atomic mass is 9.74. The molecule has 0 aliphatic carbocycles. The van der Waals surface area contributed by atoms with E-state index < -0.39 is 5.41 Å². The van der Waals surface area contributed by atoms with Gasteiger partial charge >= 0.3 is 0 Å². The van der Waals surface area contributed by atoms with Crippen LogP contribution in [0.4, 0.5) is 5.69 Å². The normalized spacial score (nSPS) is 14.2. The maximum atomic E-state index is 13.9. The molecule has 6 rings (SSSR count). The molecule has 3 heterocycles. The van der Waals surface area contributed by atoms with Gasteiger partial charge in [-0.2, -0.15) is 0 Å². The van der Waals surface area contributed by atoms with Gasteiger partial charge in [0.2, 0.25) is 5.91 Å². The molecule has 8 heteroatoms. The number of likely N-dealkylation sites (N-methyl/N-ethyl adjacent to an activating group) is 1. The van der Waals surface area contributed by atoms with Crippen LogP contribution >= 0.6 is 0 Å². The van der Waals surface area contributed by atoms with Gasteiger partial charge in [-0.3, -0.25) is 4.79 Å². The molecule has 0 saturated carbocycles. The summed E-state index contributed by atoms with van der Waals surface area (Å²) in [5, 5.41) is 17.6. The highest BCUT2D eigenvalue weighted by Gasteiger charge is 2.50. The molecular weight excluding hydrogens is 462 g/mol. The number of hydrogen-bond donors (Lipinski definition) is 0. The fourth-order valence-corrected chi connectivity index (χ4v) is 5.27. The quantitative estimate of drug-likeness (QED) is 0.332. The highest BCUT2D eigenvalue weighted by Crippen LogP contribution is 2.45. The summed E-state index contributed by atoms with van der Waals surface area (Å²) in [4.78, 5) is 15.7. The van der Waals surface area contributed by atoms with E-state index in [9.17, 15) is 4.79 Å². The lowest BCUT2D eigenvalue weighted by Crippen LogP contribution is -2.42. The second kappa shape index (κ2) is 9.46.